The number of benzene rings is 9. The fourth-order valence-electron chi connectivity index (χ4n) is 9.47. The van der Waals surface area contributed by atoms with Crippen LogP contribution in [0.25, 0.3) is 54.6 Å². The van der Waals surface area contributed by atoms with Crippen LogP contribution in [0.3, 0.4) is 0 Å². The molecule has 0 N–H and O–H groups in total. The Balaban J connectivity index is 1.22. The minimum atomic E-state index is -0.360. The van der Waals surface area contributed by atoms with Gasteiger partial charge in [0.15, 0.2) is 0 Å². The molecule has 51 heavy (non-hydrogen) atoms. The van der Waals surface area contributed by atoms with Gasteiger partial charge in [0.2, 0.25) is 0 Å². The highest BCUT2D eigenvalue weighted by Gasteiger charge is 2.51. The van der Waals surface area contributed by atoms with Gasteiger partial charge in [0, 0.05) is 16.8 Å². The van der Waals surface area contributed by atoms with Crippen molar-refractivity contribution in [2.75, 3.05) is 4.90 Å². The molecule has 0 atom stereocenters. The van der Waals surface area contributed by atoms with Gasteiger partial charge in [-0.25, -0.2) is 0 Å². The maximum Gasteiger partial charge on any atom is 0.0725 e. The van der Waals surface area contributed by atoms with Gasteiger partial charge < -0.3 is 4.90 Å². The average Bonchev–Trinajstić information content (AvgIpc) is 3.66. The molecule has 9 aromatic rings. The molecule has 0 heterocycles. The molecule has 0 radical (unpaired) electrons. The van der Waals surface area contributed by atoms with Crippen LogP contribution >= 0.6 is 0 Å². The Labute approximate surface area is 297 Å². The predicted molar refractivity (Wildman–Crippen MR) is 215 cm³/mol. The minimum Gasteiger partial charge on any atom is -0.310 e. The maximum absolute atomic E-state index is 2.48. The molecular formula is C50H33N. The smallest absolute Gasteiger partial charge is 0.0725 e. The second-order valence-electron chi connectivity index (χ2n) is 14.1. The van der Waals surface area contributed by atoms with E-state index < -0.39 is 0 Å². The van der Waals surface area contributed by atoms with Crippen molar-refractivity contribution >= 4 is 49.4 Å². The molecule has 11 rings (SSSR count). The highest BCUT2D eigenvalue weighted by Crippen LogP contribution is 2.63. The van der Waals surface area contributed by atoms with E-state index in [1.165, 1.54) is 88.1 Å². The van der Waals surface area contributed by atoms with Crippen LogP contribution in [0, 0.1) is 6.92 Å². The van der Waals surface area contributed by atoms with Crippen LogP contribution in [-0.2, 0) is 5.41 Å². The Bertz CT molecular complexity index is 2790. The van der Waals surface area contributed by atoms with E-state index in [1.807, 2.05) is 0 Å². The van der Waals surface area contributed by atoms with Gasteiger partial charge in [0.1, 0.15) is 0 Å². The standard InChI is InChI=1S/C50H33N/c1-32-25-27-33(28-26-32)51(48-24-12-20-42-37-14-3-2-13-35(37)36-15-4-5-19-41(36)49(42)48)34-29-30-47-43(31-34)40-18-8-11-23-46(40)50(47)44-21-9-6-16-38(44)39-17-7-10-22-45(39)50/h2-31H,1H3. The van der Waals surface area contributed by atoms with E-state index in [0.717, 1.165) is 11.4 Å². The second-order valence-corrected chi connectivity index (χ2v) is 14.1. The zero-order chi connectivity index (χ0) is 33.7. The highest BCUT2D eigenvalue weighted by molar-refractivity contribution is 6.28. The summed E-state index contributed by atoms with van der Waals surface area (Å²) in [5.41, 5.74) is 15.1. The molecule has 1 spiro atoms. The van der Waals surface area contributed by atoms with Gasteiger partial charge >= 0.3 is 0 Å². The largest absolute Gasteiger partial charge is 0.310 e. The van der Waals surface area contributed by atoms with Gasteiger partial charge in [0.25, 0.3) is 0 Å². The van der Waals surface area contributed by atoms with E-state index in [9.17, 15) is 0 Å². The molecule has 9 aromatic carbocycles. The summed E-state index contributed by atoms with van der Waals surface area (Å²) < 4.78 is 0. The molecule has 0 aromatic heterocycles. The van der Waals surface area contributed by atoms with Crippen LogP contribution in [0.2, 0.25) is 0 Å². The Kier molecular flexibility index (Phi) is 5.86. The van der Waals surface area contributed by atoms with Gasteiger partial charge in [-0.15, -0.1) is 0 Å². The monoisotopic (exact) mass is 647 g/mol. The zero-order valence-electron chi connectivity index (χ0n) is 28.3. The molecule has 238 valence electrons. The Morgan fingerprint density at radius 2 is 0.784 bits per heavy atom. The summed E-state index contributed by atoms with van der Waals surface area (Å²) >= 11 is 0. The summed E-state index contributed by atoms with van der Waals surface area (Å²) in [6, 6.07) is 67.9. The molecular weight excluding hydrogens is 615 g/mol. The fourth-order valence-corrected chi connectivity index (χ4v) is 9.47. The molecule has 1 nitrogen and oxygen atoms in total. The van der Waals surface area contributed by atoms with Crippen molar-refractivity contribution < 1.29 is 0 Å². The van der Waals surface area contributed by atoms with Gasteiger partial charge in [-0.05, 0) is 109 Å². The third-order valence-electron chi connectivity index (χ3n) is 11.5. The average molecular weight is 648 g/mol. The second kappa shape index (κ2) is 10.5. The van der Waals surface area contributed by atoms with Crippen molar-refractivity contribution in [3.63, 3.8) is 0 Å². The summed E-state index contributed by atoms with van der Waals surface area (Å²) in [6.45, 7) is 2.16. The normalized spacial score (nSPS) is 13.4. The molecule has 0 saturated heterocycles. The third kappa shape index (κ3) is 3.75. The maximum atomic E-state index is 2.48. The molecule has 0 aliphatic heterocycles. The van der Waals surface area contributed by atoms with Crippen LogP contribution in [0.4, 0.5) is 17.1 Å². The van der Waals surface area contributed by atoms with Gasteiger partial charge in [-0.1, -0.05) is 157 Å². The summed E-state index contributed by atoms with van der Waals surface area (Å²) in [4.78, 5) is 2.48. The molecule has 0 fully saturated rings. The van der Waals surface area contributed by atoms with Crippen LogP contribution in [-0.4, -0.2) is 0 Å². The van der Waals surface area contributed by atoms with E-state index in [4.69, 9.17) is 0 Å². The first kappa shape index (κ1) is 28.4. The number of fused-ring (bicyclic) bond motifs is 16. The van der Waals surface area contributed by atoms with Crippen LogP contribution in [0.15, 0.2) is 182 Å². The fraction of sp³-hybridized carbons (Fsp3) is 0.0400. The van der Waals surface area contributed by atoms with E-state index >= 15 is 0 Å². The first-order chi connectivity index (χ1) is 25.2. The van der Waals surface area contributed by atoms with Crippen LogP contribution < -0.4 is 4.90 Å². The minimum absolute atomic E-state index is 0.360. The zero-order valence-corrected chi connectivity index (χ0v) is 28.3. The number of anilines is 3. The van der Waals surface area contributed by atoms with E-state index in [0.29, 0.717) is 0 Å². The molecule has 1 heteroatoms. The van der Waals surface area contributed by atoms with Crippen LogP contribution in [0.5, 0.6) is 0 Å². The van der Waals surface area contributed by atoms with Crippen molar-refractivity contribution in [3.8, 4) is 22.3 Å². The topological polar surface area (TPSA) is 3.24 Å². The SMILES string of the molecule is Cc1ccc(N(c2ccc3c(c2)-c2ccccc2C32c3ccccc3-c3ccccc32)c2cccc3c4ccccc4c4ccccc4c23)cc1. The lowest BCUT2D eigenvalue weighted by atomic mass is 9.70. The highest BCUT2D eigenvalue weighted by atomic mass is 15.1. The Morgan fingerprint density at radius 1 is 0.353 bits per heavy atom. The number of hydrogen-bond acceptors (Lipinski definition) is 1. The Morgan fingerprint density at radius 3 is 1.37 bits per heavy atom. The van der Waals surface area contributed by atoms with Crippen molar-refractivity contribution in [1.82, 2.24) is 0 Å². The molecule has 0 unspecified atom stereocenters. The molecule has 2 aliphatic carbocycles. The summed E-state index contributed by atoms with van der Waals surface area (Å²) in [7, 11) is 0. The van der Waals surface area contributed by atoms with E-state index in [2.05, 4.69) is 194 Å². The van der Waals surface area contributed by atoms with Crippen molar-refractivity contribution in [2.45, 2.75) is 12.3 Å². The Hall–Kier alpha value is -6.44. The molecule has 2 aliphatic rings. The number of nitrogens with zero attached hydrogens (tertiary/aromatic N) is 1. The first-order valence-electron chi connectivity index (χ1n) is 17.9. The lowest BCUT2D eigenvalue weighted by Gasteiger charge is -2.31. The lowest BCUT2D eigenvalue weighted by Crippen LogP contribution is -2.25. The van der Waals surface area contributed by atoms with E-state index in [1.54, 1.807) is 0 Å². The third-order valence-corrected chi connectivity index (χ3v) is 11.5. The summed E-state index contributed by atoms with van der Waals surface area (Å²) in [5.74, 6) is 0. The number of aryl methyl sites for hydroxylation is 1. The van der Waals surface area contributed by atoms with Gasteiger partial charge in [-0.2, -0.15) is 0 Å². The summed E-state index contributed by atoms with van der Waals surface area (Å²) in [6.07, 6.45) is 0. The van der Waals surface area contributed by atoms with Crippen LogP contribution in [0.1, 0.15) is 27.8 Å². The first-order valence-corrected chi connectivity index (χ1v) is 17.9. The number of hydrogen-bond donors (Lipinski definition) is 0. The molecule has 0 bridgehead atoms. The van der Waals surface area contributed by atoms with Crippen molar-refractivity contribution in [1.29, 1.82) is 0 Å². The predicted octanol–water partition coefficient (Wildman–Crippen LogP) is 13.3. The lowest BCUT2D eigenvalue weighted by molar-refractivity contribution is 0.794. The van der Waals surface area contributed by atoms with E-state index in [-0.39, 0.29) is 5.41 Å². The number of rotatable bonds is 3. The quantitative estimate of drug-likeness (QED) is 0.173. The molecule has 0 saturated carbocycles. The molecule has 0 amide bonds. The van der Waals surface area contributed by atoms with Gasteiger partial charge in [0.05, 0.1) is 11.1 Å². The van der Waals surface area contributed by atoms with Crippen molar-refractivity contribution in [3.05, 3.63) is 210 Å². The summed E-state index contributed by atoms with van der Waals surface area (Å²) in [5, 5.41) is 7.65. The van der Waals surface area contributed by atoms with Crippen molar-refractivity contribution in [2.24, 2.45) is 0 Å². The van der Waals surface area contributed by atoms with Gasteiger partial charge in [-0.3, -0.25) is 0 Å².